The van der Waals surface area contributed by atoms with Crippen LogP contribution >= 0.6 is 0 Å². The van der Waals surface area contributed by atoms with Crippen LogP contribution in [0.2, 0.25) is 0 Å². The highest BCUT2D eigenvalue weighted by Gasteiger charge is 2.26. The average molecular weight is 256 g/mol. The van der Waals surface area contributed by atoms with Crippen molar-refractivity contribution in [2.45, 2.75) is 33.8 Å². The number of piperazine rings is 1. The second-order valence-electron chi connectivity index (χ2n) is 5.27. The Labute approximate surface area is 109 Å². The molecule has 1 rings (SSSR count). The van der Waals surface area contributed by atoms with Crippen LogP contribution in [0.15, 0.2) is 0 Å². The molecule has 0 saturated carbocycles. The number of amides is 1. The number of nitrogens with zero attached hydrogens (tertiary/aromatic N) is 2. The first kappa shape index (κ1) is 15.0. The van der Waals surface area contributed by atoms with E-state index < -0.39 is 12.1 Å². The fraction of sp³-hybridized carbons (Fsp3) is 0.846. The van der Waals surface area contributed by atoms with Gasteiger partial charge in [0.15, 0.2) is 6.10 Å². The minimum absolute atomic E-state index is 0.0885. The maximum atomic E-state index is 12.0. The van der Waals surface area contributed by atoms with Crippen LogP contribution in [0, 0.1) is 5.92 Å². The van der Waals surface area contributed by atoms with E-state index >= 15 is 0 Å². The Balaban J connectivity index is 2.38. The van der Waals surface area contributed by atoms with Gasteiger partial charge in [-0.15, -0.1) is 0 Å². The van der Waals surface area contributed by atoms with Crippen LogP contribution in [-0.4, -0.2) is 60.5 Å². The summed E-state index contributed by atoms with van der Waals surface area (Å²) in [4.78, 5) is 27.0. The van der Waals surface area contributed by atoms with E-state index in [1.165, 1.54) is 6.92 Å². The van der Waals surface area contributed by atoms with Gasteiger partial charge in [0.05, 0.1) is 0 Å². The third-order valence-corrected chi connectivity index (χ3v) is 3.00. The monoisotopic (exact) mass is 256 g/mol. The second-order valence-corrected chi connectivity index (χ2v) is 5.27. The van der Waals surface area contributed by atoms with E-state index in [1.807, 2.05) is 0 Å². The molecular weight excluding hydrogens is 232 g/mol. The number of rotatable bonds is 4. The smallest absolute Gasteiger partial charge is 0.303 e. The molecule has 5 nitrogen and oxygen atoms in total. The van der Waals surface area contributed by atoms with E-state index in [9.17, 15) is 9.59 Å². The first-order valence-corrected chi connectivity index (χ1v) is 6.58. The lowest BCUT2D eigenvalue weighted by Gasteiger charge is -2.36. The highest BCUT2D eigenvalue weighted by atomic mass is 16.5. The molecule has 104 valence electrons. The normalized spacial score (nSPS) is 18.8. The lowest BCUT2D eigenvalue weighted by Crippen LogP contribution is -2.52. The minimum Gasteiger partial charge on any atom is -0.453 e. The van der Waals surface area contributed by atoms with Crippen LogP contribution in [-0.2, 0) is 14.3 Å². The summed E-state index contributed by atoms with van der Waals surface area (Å²) in [5.74, 6) is 0.149. The summed E-state index contributed by atoms with van der Waals surface area (Å²) >= 11 is 0. The number of carbonyl (C=O) groups is 2. The zero-order chi connectivity index (χ0) is 13.7. The summed E-state index contributed by atoms with van der Waals surface area (Å²) in [6.07, 6.45) is -0.667. The molecule has 0 unspecified atom stereocenters. The predicted octanol–water partition coefficient (Wildman–Crippen LogP) is 0.738. The maximum Gasteiger partial charge on any atom is 0.303 e. The molecule has 0 bridgehead atoms. The molecule has 18 heavy (non-hydrogen) atoms. The van der Waals surface area contributed by atoms with E-state index in [2.05, 4.69) is 18.7 Å². The van der Waals surface area contributed by atoms with Crippen molar-refractivity contribution < 1.29 is 14.3 Å². The van der Waals surface area contributed by atoms with Gasteiger partial charge in [-0.05, 0) is 12.8 Å². The first-order chi connectivity index (χ1) is 8.40. The quantitative estimate of drug-likeness (QED) is 0.696. The van der Waals surface area contributed by atoms with Gasteiger partial charge in [0.1, 0.15) is 0 Å². The molecule has 1 aliphatic rings. The molecule has 0 aromatic rings. The largest absolute Gasteiger partial charge is 0.453 e. The van der Waals surface area contributed by atoms with Crippen molar-refractivity contribution >= 4 is 11.9 Å². The molecule has 0 radical (unpaired) electrons. The van der Waals surface area contributed by atoms with Gasteiger partial charge in [-0.3, -0.25) is 14.5 Å². The topological polar surface area (TPSA) is 49.9 Å². The Bertz CT molecular complexity index is 297. The van der Waals surface area contributed by atoms with Gasteiger partial charge in [0, 0.05) is 39.6 Å². The van der Waals surface area contributed by atoms with Gasteiger partial charge < -0.3 is 9.64 Å². The van der Waals surface area contributed by atoms with E-state index in [-0.39, 0.29) is 5.91 Å². The van der Waals surface area contributed by atoms with E-state index in [0.717, 1.165) is 32.7 Å². The van der Waals surface area contributed by atoms with Crippen LogP contribution in [0.25, 0.3) is 0 Å². The van der Waals surface area contributed by atoms with E-state index in [0.29, 0.717) is 5.92 Å². The number of ether oxygens (including phenoxy) is 1. The third kappa shape index (κ3) is 4.64. The molecule has 1 saturated heterocycles. The summed E-state index contributed by atoms with van der Waals surface area (Å²) in [6, 6.07) is 0. The summed E-state index contributed by atoms with van der Waals surface area (Å²) < 4.78 is 4.91. The van der Waals surface area contributed by atoms with Crippen molar-refractivity contribution in [1.29, 1.82) is 0 Å². The maximum absolute atomic E-state index is 12.0. The van der Waals surface area contributed by atoms with Crippen molar-refractivity contribution in [2.75, 3.05) is 32.7 Å². The molecule has 0 aromatic heterocycles. The fourth-order valence-electron chi connectivity index (χ4n) is 2.22. The standard InChI is InChI=1S/C13H24N2O3/c1-10(2)9-14-5-7-15(8-6-14)13(17)11(3)18-12(4)16/h10-11H,5-9H2,1-4H3/t11-/m1/s1. The van der Waals surface area contributed by atoms with Crippen molar-refractivity contribution in [1.82, 2.24) is 9.80 Å². The minimum atomic E-state index is -0.667. The Hall–Kier alpha value is -1.10. The van der Waals surface area contributed by atoms with Gasteiger partial charge in [-0.2, -0.15) is 0 Å². The zero-order valence-electron chi connectivity index (χ0n) is 11.8. The SMILES string of the molecule is CC(=O)O[C@H](C)C(=O)N1CCN(CC(C)C)CC1. The Morgan fingerprint density at radius 1 is 1.11 bits per heavy atom. The Morgan fingerprint density at radius 2 is 1.67 bits per heavy atom. The van der Waals surface area contributed by atoms with Crippen molar-refractivity contribution in [3.63, 3.8) is 0 Å². The van der Waals surface area contributed by atoms with Crippen LogP contribution in [0.5, 0.6) is 0 Å². The van der Waals surface area contributed by atoms with Crippen molar-refractivity contribution in [2.24, 2.45) is 5.92 Å². The number of esters is 1. The lowest BCUT2D eigenvalue weighted by atomic mass is 10.2. The fourth-order valence-corrected chi connectivity index (χ4v) is 2.22. The highest BCUT2D eigenvalue weighted by Crippen LogP contribution is 2.08. The first-order valence-electron chi connectivity index (χ1n) is 6.58. The summed E-state index contributed by atoms with van der Waals surface area (Å²) in [6.45, 7) is 11.7. The average Bonchev–Trinajstić information content (AvgIpc) is 2.27. The molecule has 0 aliphatic carbocycles. The summed E-state index contributed by atoms with van der Waals surface area (Å²) in [5, 5.41) is 0. The van der Waals surface area contributed by atoms with Gasteiger partial charge in [0.25, 0.3) is 5.91 Å². The highest BCUT2D eigenvalue weighted by molar-refractivity contribution is 5.83. The third-order valence-electron chi connectivity index (χ3n) is 3.00. The molecule has 5 heteroatoms. The number of carbonyl (C=O) groups excluding carboxylic acids is 2. The molecule has 1 heterocycles. The van der Waals surface area contributed by atoms with Gasteiger partial charge in [-0.25, -0.2) is 0 Å². The van der Waals surface area contributed by atoms with Gasteiger partial charge in [0.2, 0.25) is 0 Å². The van der Waals surface area contributed by atoms with E-state index in [1.54, 1.807) is 11.8 Å². The van der Waals surface area contributed by atoms with Crippen molar-refractivity contribution in [3.8, 4) is 0 Å². The van der Waals surface area contributed by atoms with Crippen molar-refractivity contribution in [3.05, 3.63) is 0 Å². The van der Waals surface area contributed by atoms with Crippen LogP contribution in [0.3, 0.4) is 0 Å². The molecule has 1 aliphatic heterocycles. The number of hydrogen-bond acceptors (Lipinski definition) is 4. The van der Waals surface area contributed by atoms with Gasteiger partial charge >= 0.3 is 5.97 Å². The van der Waals surface area contributed by atoms with Crippen LogP contribution < -0.4 is 0 Å². The molecule has 1 amide bonds. The van der Waals surface area contributed by atoms with Crippen LogP contribution in [0.4, 0.5) is 0 Å². The van der Waals surface area contributed by atoms with E-state index in [4.69, 9.17) is 4.74 Å². The molecule has 0 N–H and O–H groups in total. The summed E-state index contributed by atoms with van der Waals surface area (Å²) in [7, 11) is 0. The molecule has 0 aromatic carbocycles. The summed E-state index contributed by atoms with van der Waals surface area (Å²) in [5.41, 5.74) is 0. The van der Waals surface area contributed by atoms with Crippen LogP contribution in [0.1, 0.15) is 27.7 Å². The predicted molar refractivity (Wildman–Crippen MR) is 69.1 cm³/mol. The molecular formula is C13H24N2O3. The Morgan fingerprint density at radius 3 is 2.11 bits per heavy atom. The second kappa shape index (κ2) is 6.73. The Kier molecular flexibility index (Phi) is 5.59. The zero-order valence-corrected chi connectivity index (χ0v) is 11.8. The number of hydrogen-bond donors (Lipinski definition) is 0. The molecule has 1 fully saturated rings. The lowest BCUT2D eigenvalue weighted by molar-refractivity contribution is -0.158. The molecule has 0 spiro atoms. The molecule has 1 atom stereocenters. The van der Waals surface area contributed by atoms with Gasteiger partial charge in [-0.1, -0.05) is 13.8 Å².